The van der Waals surface area contributed by atoms with E-state index in [-0.39, 0.29) is 55.2 Å². The highest BCUT2D eigenvalue weighted by Gasteiger charge is 2.43. The summed E-state index contributed by atoms with van der Waals surface area (Å²) in [7, 11) is -16.8. The van der Waals surface area contributed by atoms with Gasteiger partial charge >= 0.3 is 59.0 Å². The van der Waals surface area contributed by atoms with E-state index in [1.807, 2.05) is 0 Å². The number of unbranched alkanes of at least 4 members (excludes halogenated alkanes) is 2. The third-order valence-electron chi connectivity index (χ3n) is 10.8. The van der Waals surface area contributed by atoms with Crippen LogP contribution in [0.25, 0.3) is 0 Å². The molecular formula is C46H73N10O25P3. The lowest BCUT2D eigenvalue weighted by atomic mass is 10.1. The fourth-order valence-electron chi connectivity index (χ4n) is 7.11. The van der Waals surface area contributed by atoms with Crippen LogP contribution in [-0.2, 0) is 64.9 Å². The van der Waals surface area contributed by atoms with Gasteiger partial charge in [0.25, 0.3) is 0 Å². The van der Waals surface area contributed by atoms with Crippen LogP contribution < -0.4 is 44.9 Å². The van der Waals surface area contributed by atoms with Crippen LogP contribution in [0.5, 0.6) is 0 Å². The summed E-state index contributed by atoms with van der Waals surface area (Å²) in [6, 6.07) is -1.88. The molecule has 0 bridgehead atoms. The second-order valence-electron chi connectivity index (χ2n) is 20.2. The number of aliphatic hydroxyl groups is 3. The Hall–Kier alpha value is -5.91. The summed E-state index contributed by atoms with van der Waals surface area (Å²) in [5, 5.41) is 34.7. The van der Waals surface area contributed by atoms with Crippen molar-refractivity contribution in [1.29, 1.82) is 0 Å². The maximum Gasteiger partial charge on any atom is 0.490 e. The number of aromatic nitrogens is 4. The Morgan fingerprint density at radius 1 is 0.738 bits per heavy atom. The summed E-state index contributed by atoms with van der Waals surface area (Å²) in [6.07, 6.45) is -2.85. The lowest BCUT2D eigenvalue weighted by Gasteiger charge is -2.23. The molecule has 10 atom stereocenters. The van der Waals surface area contributed by atoms with Crippen LogP contribution in [0.2, 0.25) is 0 Å². The Bertz CT molecular complexity index is 2980. The number of nitrogens with two attached hydrogens (primary N) is 4. The molecule has 2 aromatic rings. The van der Waals surface area contributed by atoms with Crippen molar-refractivity contribution < 1.29 is 109 Å². The minimum Gasteiger partial charge on any atom is -0.451 e. The van der Waals surface area contributed by atoms with Crippen LogP contribution >= 0.6 is 23.5 Å². The van der Waals surface area contributed by atoms with Crippen molar-refractivity contribution >= 4 is 59.2 Å². The van der Waals surface area contributed by atoms with E-state index in [9.17, 15) is 67.6 Å². The molecule has 38 heteroatoms. The third-order valence-corrected chi connectivity index (χ3v) is 14.6. The van der Waals surface area contributed by atoms with Gasteiger partial charge in [0.15, 0.2) is 13.2 Å². The summed E-state index contributed by atoms with van der Waals surface area (Å²) < 4.78 is 79.3. The molecule has 0 saturated carbocycles. The van der Waals surface area contributed by atoms with E-state index in [4.69, 9.17) is 61.1 Å². The van der Waals surface area contributed by atoms with Gasteiger partial charge in [-0.2, -0.15) is 18.6 Å². The van der Waals surface area contributed by atoms with Gasteiger partial charge in [0, 0.05) is 31.8 Å². The second-order valence-corrected chi connectivity index (χ2v) is 24.6. The topological polar surface area (TPSA) is 542 Å². The molecule has 0 aromatic carbocycles. The van der Waals surface area contributed by atoms with Gasteiger partial charge in [-0.25, -0.2) is 37.7 Å². The summed E-state index contributed by atoms with van der Waals surface area (Å²) in [5.74, 6) is 8.60. The van der Waals surface area contributed by atoms with Gasteiger partial charge in [0.2, 0.25) is 0 Å². The Kier molecular flexibility index (Phi) is 28.0. The first-order valence-corrected chi connectivity index (χ1v) is 30.0. The molecule has 17 N–H and O–H groups in total. The highest BCUT2D eigenvalue weighted by Crippen LogP contribution is 2.66. The van der Waals surface area contributed by atoms with E-state index in [0.29, 0.717) is 45.2 Å². The number of ether oxygens (including phenoxy) is 6. The smallest absolute Gasteiger partial charge is 0.451 e. The molecule has 2 amide bonds. The number of amides is 2. The van der Waals surface area contributed by atoms with Gasteiger partial charge in [0.05, 0.1) is 36.5 Å². The van der Waals surface area contributed by atoms with Gasteiger partial charge in [-0.15, -0.1) is 0 Å². The van der Waals surface area contributed by atoms with Crippen LogP contribution in [0.3, 0.4) is 0 Å². The van der Waals surface area contributed by atoms with Crippen molar-refractivity contribution in [3.8, 4) is 23.7 Å². The number of nitrogens with zero attached hydrogens (tertiary/aromatic N) is 4. The Morgan fingerprint density at radius 3 is 1.71 bits per heavy atom. The van der Waals surface area contributed by atoms with Gasteiger partial charge in [-0.05, 0) is 80.2 Å². The number of carbonyl (C=O) groups excluding carboxylic acids is 4. The van der Waals surface area contributed by atoms with Crippen LogP contribution in [0.15, 0.2) is 22.0 Å². The number of phosphoric ester groups is 1. The molecule has 2 aliphatic rings. The lowest BCUT2D eigenvalue weighted by Crippen LogP contribution is -2.44. The van der Waals surface area contributed by atoms with Crippen LogP contribution in [0.4, 0.5) is 21.2 Å². The van der Waals surface area contributed by atoms with Gasteiger partial charge < -0.3 is 96.9 Å². The summed E-state index contributed by atoms with van der Waals surface area (Å²) in [6.45, 7) is 9.04. The average molecular weight is 1260 g/mol. The molecule has 2 aliphatic heterocycles. The fraction of sp³-hybridized carbons (Fsp3) is 0.652. The van der Waals surface area contributed by atoms with Crippen molar-refractivity contribution in [3.63, 3.8) is 0 Å². The van der Waals surface area contributed by atoms with Crippen molar-refractivity contribution in [3.05, 3.63) is 44.5 Å². The summed E-state index contributed by atoms with van der Waals surface area (Å²) >= 11 is 0. The van der Waals surface area contributed by atoms with Gasteiger partial charge in [-0.1, -0.05) is 30.1 Å². The number of alkyl carbamates (subject to hydrolysis) is 2. The lowest BCUT2D eigenvalue weighted by molar-refractivity contribution is -0.145. The molecule has 35 nitrogen and oxygen atoms in total. The third kappa shape index (κ3) is 26.6. The largest absolute Gasteiger partial charge is 0.490 e. The number of hydrogen-bond acceptors (Lipinski definition) is 27. The molecule has 2 fully saturated rings. The van der Waals surface area contributed by atoms with E-state index >= 15 is 0 Å². The predicted molar refractivity (Wildman–Crippen MR) is 290 cm³/mol. The Balaban J connectivity index is 0.000000441. The maximum absolute atomic E-state index is 12.8. The highest BCUT2D eigenvalue weighted by molar-refractivity contribution is 7.66. The zero-order valence-electron chi connectivity index (χ0n) is 46.6. The fourth-order valence-corrected chi connectivity index (χ4v) is 10.1. The zero-order valence-corrected chi connectivity index (χ0v) is 49.3. The van der Waals surface area contributed by atoms with Crippen LogP contribution in [-0.4, -0.2) is 165 Å². The molecule has 0 radical (unpaired) electrons. The Labute approximate surface area is 480 Å². The van der Waals surface area contributed by atoms with Crippen molar-refractivity contribution in [2.75, 3.05) is 51.0 Å². The second kappa shape index (κ2) is 32.6. The molecule has 2 aromatic heterocycles. The van der Waals surface area contributed by atoms with Crippen molar-refractivity contribution in [1.82, 2.24) is 29.7 Å². The first-order chi connectivity index (χ1) is 38.9. The number of nitrogen functional groups attached to an aromatic ring is 2. The van der Waals surface area contributed by atoms with E-state index in [1.165, 1.54) is 6.20 Å². The summed E-state index contributed by atoms with van der Waals surface area (Å²) in [4.78, 5) is 117. The number of aliphatic hydroxyl groups excluding tert-OH is 3. The number of rotatable bonds is 24. The number of esters is 2. The standard InChI is InChI=1S/C28H43N5O10.C18H30N5O15P3/c1-27(2,3)42-25(38)30-12-8-7-11-18(31-26(39)43-28(4,5)6)23(36)40-13-9-10-17-15-33(24(37)32-22(17)29)21-14-19(35)20(16-34)41-21;19-6-2-1-5-12(20)17(25)34-7-3-4-11-9-23(18(26)22-16(11)21)15-8-13(24)14(36-15)10-35-40(30,31)38-41(32,33)37-39(27,28)29/h15,18-21,34-35H,7-8,11-14,16H2,1-6H3,(H,30,38)(H,31,39)(H2,29,32,37);9,12-15,24H,1-2,5-8,10,19-20H2,(H,30,31)(H,32,33)(H2,21,22,26)(H2,27,28,29)/t18?,19-,20-,21-;12?,13-,14-,15-/m11/s1. The number of carbonyl (C=O) groups is 4. The molecule has 4 unspecified atom stereocenters. The minimum absolute atomic E-state index is 0.0303. The van der Waals surface area contributed by atoms with Crippen molar-refractivity contribution in [2.24, 2.45) is 11.5 Å². The van der Waals surface area contributed by atoms with Gasteiger partial charge in [-0.3, -0.25) is 18.5 Å². The zero-order chi connectivity index (χ0) is 63.4. The SMILES string of the molecule is CC(C)(C)OC(=O)NCCCCC(NC(=O)OC(C)(C)C)C(=O)OCC#Cc1cn([C@H]2C[C@@H](O)[C@@H](CO)O2)c(=O)nc1N.NCCCCC(N)C(=O)OCC#Cc1cn([C@H]2C[C@@H](O)[C@@H](COP(=O)(O)OP(=O)(O)OP(=O)(O)O)O2)c(=O)nc1N. The summed E-state index contributed by atoms with van der Waals surface area (Å²) in [5.41, 5.74) is 19.8. The number of hydrogen-bond donors (Lipinski definition) is 13. The van der Waals surface area contributed by atoms with E-state index in [0.717, 1.165) is 15.3 Å². The van der Waals surface area contributed by atoms with Gasteiger partial charge in [0.1, 0.15) is 59.6 Å². The molecular weight excluding hydrogens is 1190 g/mol. The quantitative estimate of drug-likeness (QED) is 0.0199. The van der Waals surface area contributed by atoms with Crippen LogP contribution in [0.1, 0.15) is 116 Å². The first kappa shape index (κ1) is 72.3. The molecule has 84 heavy (non-hydrogen) atoms. The highest BCUT2D eigenvalue weighted by atomic mass is 31.3. The van der Waals surface area contributed by atoms with Crippen LogP contribution in [0, 0.1) is 23.7 Å². The molecule has 472 valence electrons. The van der Waals surface area contributed by atoms with E-state index < -0.39 is 132 Å². The molecule has 4 heterocycles. The molecule has 0 spiro atoms. The molecule has 2 saturated heterocycles. The number of phosphoric acid groups is 3. The molecule has 4 rings (SSSR count). The van der Waals surface area contributed by atoms with Crippen molar-refractivity contribution in [2.45, 2.75) is 153 Å². The number of nitrogens with one attached hydrogen (secondary N) is 2. The average Bonchev–Trinajstić information content (AvgIpc) is 3.15. The Morgan fingerprint density at radius 2 is 1.23 bits per heavy atom. The van der Waals surface area contributed by atoms with E-state index in [2.05, 4.69) is 57.4 Å². The maximum atomic E-state index is 12.8. The first-order valence-electron chi connectivity index (χ1n) is 25.5. The predicted octanol–water partition coefficient (Wildman–Crippen LogP) is -0.883. The minimum atomic E-state index is -5.74. The monoisotopic (exact) mass is 1260 g/mol. The normalized spacial score (nSPS) is 20.8. The van der Waals surface area contributed by atoms with E-state index in [1.54, 1.807) is 41.5 Å². The molecule has 0 aliphatic carbocycles. The number of anilines is 2.